The first-order valence-corrected chi connectivity index (χ1v) is 6.40. The first kappa shape index (κ1) is 15.5. The van der Waals surface area contributed by atoms with E-state index in [9.17, 15) is 20.1 Å². The van der Waals surface area contributed by atoms with Gasteiger partial charge in [-0.15, -0.1) is 6.42 Å². The van der Waals surface area contributed by atoms with E-state index in [4.69, 9.17) is 16.9 Å². The molecule has 5 N–H and O–H groups in total. The molecule has 0 radical (unpaired) electrons. The van der Waals surface area contributed by atoms with Crippen LogP contribution in [0, 0.1) is 12.3 Å². The number of aromatic nitrogens is 2. The van der Waals surface area contributed by atoms with Crippen molar-refractivity contribution < 1.29 is 20.1 Å². The summed E-state index contributed by atoms with van der Waals surface area (Å²) in [5.74, 6) is 2.22. The molecule has 114 valence electrons. The van der Waals surface area contributed by atoms with E-state index >= 15 is 0 Å². The molecule has 1 aromatic rings. The van der Waals surface area contributed by atoms with Crippen molar-refractivity contribution >= 4 is 5.82 Å². The number of ether oxygens (including phenoxy) is 1. The van der Waals surface area contributed by atoms with Crippen LogP contribution in [0.1, 0.15) is 18.7 Å². The number of aliphatic hydroxyl groups is 3. The smallest absolute Gasteiger partial charge is 0.351 e. The van der Waals surface area contributed by atoms with Crippen molar-refractivity contribution in [3.8, 4) is 12.3 Å². The average molecular weight is 295 g/mol. The van der Waals surface area contributed by atoms with Crippen molar-refractivity contribution in [3.63, 3.8) is 0 Å². The van der Waals surface area contributed by atoms with Gasteiger partial charge in [0.15, 0.2) is 11.8 Å². The minimum absolute atomic E-state index is 0.0946. The fraction of sp³-hybridized carbons (Fsp3) is 0.538. The van der Waals surface area contributed by atoms with Gasteiger partial charge in [-0.3, -0.25) is 4.57 Å². The third kappa shape index (κ3) is 2.30. The molecule has 0 aliphatic carbocycles. The molecule has 1 aromatic heterocycles. The van der Waals surface area contributed by atoms with Crippen LogP contribution in [0.4, 0.5) is 5.82 Å². The summed E-state index contributed by atoms with van der Waals surface area (Å²) in [6, 6.07) is 0. The first-order valence-electron chi connectivity index (χ1n) is 6.40. The van der Waals surface area contributed by atoms with Crippen molar-refractivity contribution in [2.75, 3.05) is 12.3 Å². The number of aliphatic hydroxyl groups excluding tert-OH is 3. The predicted octanol–water partition coefficient (Wildman–Crippen LogP) is -2.00. The highest BCUT2D eigenvalue weighted by Gasteiger charge is 2.54. The van der Waals surface area contributed by atoms with Gasteiger partial charge in [0.25, 0.3) is 0 Å². The van der Waals surface area contributed by atoms with Gasteiger partial charge in [0.1, 0.15) is 18.0 Å². The van der Waals surface area contributed by atoms with E-state index < -0.39 is 36.3 Å². The molecule has 0 bridgehead atoms. The molecule has 1 aliphatic rings. The zero-order valence-corrected chi connectivity index (χ0v) is 11.4. The maximum atomic E-state index is 11.9. The van der Waals surface area contributed by atoms with Gasteiger partial charge in [-0.1, -0.05) is 12.8 Å². The molecular weight excluding hydrogens is 278 g/mol. The summed E-state index contributed by atoms with van der Waals surface area (Å²) in [6.07, 6.45) is 2.90. The maximum Gasteiger partial charge on any atom is 0.351 e. The molecular formula is C13H17N3O5. The average Bonchev–Trinajstić information content (AvgIpc) is 2.73. The molecule has 0 spiro atoms. The number of nitrogens with two attached hydrogens (primary N) is 1. The van der Waals surface area contributed by atoms with E-state index in [0.29, 0.717) is 12.0 Å². The Hall–Kier alpha value is -1.92. The molecule has 2 heterocycles. The fourth-order valence-corrected chi connectivity index (χ4v) is 2.28. The standard InChI is InChI=1S/C13H17N3O5/c1-3-7-5-16(12(20)15-10(7)14)11-8(18)9(19)13(4-2,6-17)21-11/h2,5,8-9,11,17-19H,3,6H2,1H3,(H2,14,15,20)/t8-,9-,11+,13+/m0/s1. The monoisotopic (exact) mass is 295 g/mol. The zero-order chi connectivity index (χ0) is 15.8. The summed E-state index contributed by atoms with van der Waals surface area (Å²) in [6.45, 7) is 1.12. The van der Waals surface area contributed by atoms with Crippen LogP contribution in [0.2, 0.25) is 0 Å². The van der Waals surface area contributed by atoms with Crippen LogP contribution in [-0.2, 0) is 11.2 Å². The van der Waals surface area contributed by atoms with Gasteiger partial charge in [0.2, 0.25) is 0 Å². The summed E-state index contributed by atoms with van der Waals surface area (Å²) >= 11 is 0. The largest absolute Gasteiger partial charge is 0.392 e. The first-order chi connectivity index (χ1) is 9.90. The lowest BCUT2D eigenvalue weighted by molar-refractivity contribution is -0.0936. The van der Waals surface area contributed by atoms with Crippen LogP contribution in [0.25, 0.3) is 0 Å². The van der Waals surface area contributed by atoms with Gasteiger partial charge in [-0.2, -0.15) is 4.98 Å². The SMILES string of the molecule is C#C[C@]1(CO)O[C@@H](n2cc(CC)c(N)nc2=O)[C@@H](O)[C@@H]1O. The minimum atomic E-state index is -1.77. The second kappa shape index (κ2) is 5.46. The molecule has 2 rings (SSSR count). The second-order valence-electron chi connectivity index (χ2n) is 4.83. The Morgan fingerprint density at radius 3 is 2.76 bits per heavy atom. The van der Waals surface area contributed by atoms with Gasteiger partial charge >= 0.3 is 5.69 Å². The lowest BCUT2D eigenvalue weighted by atomic mass is 9.97. The van der Waals surface area contributed by atoms with Gasteiger partial charge in [0.05, 0.1) is 6.61 Å². The van der Waals surface area contributed by atoms with Crippen molar-refractivity contribution in [2.24, 2.45) is 0 Å². The van der Waals surface area contributed by atoms with Crippen molar-refractivity contribution in [1.29, 1.82) is 0 Å². The van der Waals surface area contributed by atoms with E-state index in [1.54, 1.807) is 0 Å². The number of nitrogen functional groups attached to an aromatic ring is 1. The Morgan fingerprint density at radius 1 is 1.62 bits per heavy atom. The lowest BCUT2D eigenvalue weighted by Gasteiger charge is -2.23. The Labute approximate surface area is 120 Å². The molecule has 0 amide bonds. The zero-order valence-electron chi connectivity index (χ0n) is 11.4. The van der Waals surface area contributed by atoms with Crippen molar-refractivity contribution in [3.05, 3.63) is 22.2 Å². The topological polar surface area (TPSA) is 131 Å². The lowest BCUT2D eigenvalue weighted by Crippen LogP contribution is -2.45. The number of nitrogens with zero attached hydrogens (tertiary/aromatic N) is 2. The number of aryl methyl sites for hydroxylation is 1. The van der Waals surface area contributed by atoms with Gasteiger partial charge < -0.3 is 25.8 Å². The Balaban J connectivity index is 2.49. The number of hydrogen-bond donors (Lipinski definition) is 4. The molecule has 0 saturated carbocycles. The minimum Gasteiger partial charge on any atom is -0.392 e. The highest BCUT2D eigenvalue weighted by molar-refractivity contribution is 5.36. The maximum absolute atomic E-state index is 11.9. The van der Waals surface area contributed by atoms with E-state index in [1.807, 2.05) is 6.92 Å². The van der Waals surface area contributed by atoms with E-state index in [-0.39, 0.29) is 5.82 Å². The van der Waals surface area contributed by atoms with Crippen LogP contribution >= 0.6 is 0 Å². The summed E-state index contributed by atoms with van der Waals surface area (Å²) < 4.78 is 6.39. The molecule has 1 aliphatic heterocycles. The highest BCUT2D eigenvalue weighted by atomic mass is 16.6. The van der Waals surface area contributed by atoms with E-state index in [0.717, 1.165) is 4.57 Å². The van der Waals surface area contributed by atoms with Gasteiger partial charge in [-0.25, -0.2) is 4.79 Å². The Bertz CT molecular complexity index is 638. The molecule has 1 saturated heterocycles. The van der Waals surface area contributed by atoms with Crippen LogP contribution in [0.3, 0.4) is 0 Å². The van der Waals surface area contributed by atoms with Crippen molar-refractivity contribution in [2.45, 2.75) is 37.4 Å². The molecule has 8 heteroatoms. The Kier molecular flexibility index (Phi) is 4.02. The van der Waals surface area contributed by atoms with Gasteiger partial charge in [-0.05, 0) is 6.42 Å². The van der Waals surface area contributed by atoms with Crippen LogP contribution in [-0.4, -0.2) is 49.3 Å². The Morgan fingerprint density at radius 2 is 2.29 bits per heavy atom. The summed E-state index contributed by atoms with van der Waals surface area (Å²) in [7, 11) is 0. The summed E-state index contributed by atoms with van der Waals surface area (Å²) in [5.41, 5.74) is 3.69. The van der Waals surface area contributed by atoms with E-state index in [1.165, 1.54) is 6.20 Å². The molecule has 21 heavy (non-hydrogen) atoms. The van der Waals surface area contributed by atoms with Crippen LogP contribution in [0.15, 0.2) is 11.0 Å². The number of hydrogen-bond acceptors (Lipinski definition) is 7. The molecule has 1 fully saturated rings. The normalized spacial score (nSPS) is 32.0. The van der Waals surface area contributed by atoms with Crippen molar-refractivity contribution in [1.82, 2.24) is 9.55 Å². The number of anilines is 1. The summed E-state index contributed by atoms with van der Waals surface area (Å²) in [5, 5.41) is 29.4. The number of rotatable bonds is 3. The molecule has 0 unspecified atom stereocenters. The molecule has 8 nitrogen and oxygen atoms in total. The van der Waals surface area contributed by atoms with Gasteiger partial charge in [0, 0.05) is 11.8 Å². The van der Waals surface area contributed by atoms with Crippen LogP contribution < -0.4 is 11.4 Å². The fourth-order valence-electron chi connectivity index (χ4n) is 2.28. The summed E-state index contributed by atoms with van der Waals surface area (Å²) in [4.78, 5) is 15.6. The number of terminal acetylenes is 1. The predicted molar refractivity (Wildman–Crippen MR) is 73.1 cm³/mol. The molecule has 4 atom stereocenters. The highest BCUT2D eigenvalue weighted by Crippen LogP contribution is 2.36. The quantitative estimate of drug-likeness (QED) is 0.474. The third-order valence-corrected chi connectivity index (χ3v) is 3.62. The molecule has 0 aromatic carbocycles. The van der Waals surface area contributed by atoms with E-state index in [2.05, 4.69) is 10.9 Å². The van der Waals surface area contributed by atoms with Crippen LogP contribution in [0.5, 0.6) is 0 Å². The third-order valence-electron chi connectivity index (χ3n) is 3.62. The second-order valence-corrected chi connectivity index (χ2v) is 4.83.